The summed E-state index contributed by atoms with van der Waals surface area (Å²) in [6, 6.07) is 19.1. The van der Waals surface area contributed by atoms with E-state index >= 15 is 0 Å². The molecule has 0 amide bonds. The van der Waals surface area contributed by atoms with Crippen molar-refractivity contribution in [2.24, 2.45) is 0 Å². The molecule has 3 aromatic rings. The molecule has 0 aromatic heterocycles. The van der Waals surface area contributed by atoms with E-state index in [2.05, 4.69) is 4.90 Å². The summed E-state index contributed by atoms with van der Waals surface area (Å²) in [5.74, 6) is 1.08. The number of halogens is 2. The highest BCUT2D eigenvalue weighted by Gasteiger charge is 2.29. The number of ether oxygens (including phenoxy) is 2. The van der Waals surface area contributed by atoms with Crippen LogP contribution in [-0.4, -0.2) is 43.5 Å². The molecule has 1 aliphatic rings. The molecule has 4 rings (SSSR count). The monoisotopic (exact) mass is 493 g/mol. The average molecular weight is 494 g/mol. The highest BCUT2D eigenvalue weighted by molar-refractivity contribution is 5.94. The van der Waals surface area contributed by atoms with Gasteiger partial charge in [0.1, 0.15) is 11.6 Å². The van der Waals surface area contributed by atoms with Gasteiger partial charge in [0, 0.05) is 18.2 Å². The van der Waals surface area contributed by atoms with Crippen LogP contribution in [0.15, 0.2) is 66.7 Å². The molecule has 1 fully saturated rings. The molecule has 0 radical (unpaired) electrons. The van der Waals surface area contributed by atoms with Gasteiger partial charge in [-0.25, -0.2) is 8.78 Å². The molecule has 1 saturated heterocycles. The molecule has 0 saturated carbocycles. The van der Waals surface area contributed by atoms with E-state index in [1.54, 1.807) is 25.3 Å². The fraction of sp³-hybridized carbons (Fsp3) is 0.367. The van der Waals surface area contributed by atoms with Crippen molar-refractivity contribution in [3.05, 3.63) is 95.1 Å². The standard InChI is InChI=1S/C30H33F2NO3/c1-21(34)24-8-13-29(30(20-24)35-2)36-17-3-15-33-16-14-25(23-6-11-27(32)12-7-23)19-28(33)18-22-4-9-26(31)10-5-22/h4-13,20,25,28H,3,14-19H2,1-2H3. The lowest BCUT2D eigenvalue weighted by Crippen LogP contribution is -2.44. The van der Waals surface area contributed by atoms with E-state index in [0.29, 0.717) is 35.6 Å². The van der Waals surface area contributed by atoms with Crippen LogP contribution in [0.4, 0.5) is 8.78 Å². The number of nitrogens with zero attached hydrogens (tertiary/aromatic N) is 1. The number of piperidine rings is 1. The number of likely N-dealkylation sites (tertiary alicyclic amines) is 1. The number of hydrogen-bond acceptors (Lipinski definition) is 4. The van der Waals surface area contributed by atoms with Crippen LogP contribution in [0.5, 0.6) is 11.5 Å². The van der Waals surface area contributed by atoms with Crippen LogP contribution >= 0.6 is 0 Å². The van der Waals surface area contributed by atoms with Crippen LogP contribution < -0.4 is 9.47 Å². The molecule has 2 unspecified atom stereocenters. The van der Waals surface area contributed by atoms with Gasteiger partial charge in [-0.3, -0.25) is 9.69 Å². The molecular weight excluding hydrogens is 460 g/mol. The zero-order chi connectivity index (χ0) is 25.5. The maximum atomic E-state index is 13.4. The fourth-order valence-corrected chi connectivity index (χ4v) is 4.99. The van der Waals surface area contributed by atoms with Gasteiger partial charge in [-0.05, 0) is 98.7 Å². The number of ketones is 1. The fourth-order valence-electron chi connectivity index (χ4n) is 4.99. The number of carbonyl (C=O) groups is 1. The topological polar surface area (TPSA) is 38.8 Å². The van der Waals surface area contributed by atoms with Crippen molar-refractivity contribution in [3.63, 3.8) is 0 Å². The van der Waals surface area contributed by atoms with Gasteiger partial charge in [0.05, 0.1) is 13.7 Å². The van der Waals surface area contributed by atoms with Crippen LogP contribution in [0.1, 0.15) is 53.6 Å². The van der Waals surface area contributed by atoms with Crippen molar-refractivity contribution < 1.29 is 23.0 Å². The Morgan fingerprint density at radius 1 is 0.972 bits per heavy atom. The van der Waals surface area contributed by atoms with Gasteiger partial charge < -0.3 is 9.47 Å². The highest BCUT2D eigenvalue weighted by atomic mass is 19.1. The van der Waals surface area contributed by atoms with E-state index in [9.17, 15) is 13.6 Å². The third-order valence-electron chi connectivity index (χ3n) is 6.98. The second kappa shape index (κ2) is 12.1. The average Bonchev–Trinajstić information content (AvgIpc) is 2.89. The van der Waals surface area contributed by atoms with Crippen molar-refractivity contribution >= 4 is 5.78 Å². The zero-order valence-electron chi connectivity index (χ0n) is 20.9. The second-order valence-corrected chi connectivity index (χ2v) is 9.42. The zero-order valence-corrected chi connectivity index (χ0v) is 20.9. The third kappa shape index (κ3) is 6.70. The van der Waals surface area contributed by atoms with Crippen molar-refractivity contribution in [2.75, 3.05) is 26.8 Å². The molecule has 6 heteroatoms. The Kier molecular flexibility index (Phi) is 8.70. The first-order chi connectivity index (χ1) is 17.4. The van der Waals surface area contributed by atoms with Crippen molar-refractivity contribution in [1.29, 1.82) is 0 Å². The molecule has 2 atom stereocenters. The third-order valence-corrected chi connectivity index (χ3v) is 6.98. The summed E-state index contributed by atoms with van der Waals surface area (Å²) < 4.78 is 38.3. The Morgan fingerprint density at radius 3 is 2.33 bits per heavy atom. The minimum Gasteiger partial charge on any atom is -0.493 e. The normalized spacial score (nSPS) is 18.1. The molecule has 0 spiro atoms. The Balaban J connectivity index is 1.38. The molecule has 1 heterocycles. The largest absolute Gasteiger partial charge is 0.493 e. The number of Topliss-reactive ketones (excluding diaryl/α,β-unsaturated/α-hetero) is 1. The molecule has 1 aliphatic heterocycles. The first kappa shape index (κ1) is 25.8. The molecule has 0 bridgehead atoms. The molecule has 36 heavy (non-hydrogen) atoms. The van der Waals surface area contributed by atoms with Gasteiger partial charge in [-0.15, -0.1) is 0 Å². The Labute approximate surface area is 211 Å². The Morgan fingerprint density at radius 2 is 1.67 bits per heavy atom. The van der Waals surface area contributed by atoms with E-state index in [0.717, 1.165) is 44.3 Å². The van der Waals surface area contributed by atoms with Gasteiger partial charge in [-0.1, -0.05) is 24.3 Å². The van der Waals surface area contributed by atoms with E-state index < -0.39 is 0 Å². The Bertz CT molecular complexity index is 1150. The SMILES string of the molecule is COc1cc(C(C)=O)ccc1OCCCN1CCC(c2ccc(F)cc2)CC1Cc1ccc(F)cc1. The van der Waals surface area contributed by atoms with Crippen molar-refractivity contribution in [2.45, 2.75) is 44.6 Å². The molecule has 3 aromatic carbocycles. The van der Waals surface area contributed by atoms with Crippen LogP contribution in [0.25, 0.3) is 0 Å². The molecule has 4 nitrogen and oxygen atoms in total. The predicted octanol–water partition coefficient (Wildman–Crippen LogP) is 6.44. The number of benzene rings is 3. The van der Waals surface area contributed by atoms with Gasteiger partial charge in [0.2, 0.25) is 0 Å². The summed E-state index contributed by atoms with van der Waals surface area (Å²) >= 11 is 0. The molecule has 0 N–H and O–H groups in total. The van der Waals surface area contributed by atoms with E-state index in [4.69, 9.17) is 9.47 Å². The van der Waals surface area contributed by atoms with E-state index in [1.807, 2.05) is 24.3 Å². The lowest BCUT2D eigenvalue weighted by Gasteiger charge is -2.40. The number of methoxy groups -OCH3 is 1. The summed E-state index contributed by atoms with van der Waals surface area (Å²) in [6.45, 7) is 3.86. The summed E-state index contributed by atoms with van der Waals surface area (Å²) in [4.78, 5) is 14.1. The van der Waals surface area contributed by atoms with Crippen molar-refractivity contribution in [3.8, 4) is 11.5 Å². The van der Waals surface area contributed by atoms with E-state index in [-0.39, 0.29) is 17.4 Å². The summed E-state index contributed by atoms with van der Waals surface area (Å²) in [5, 5.41) is 0. The number of rotatable bonds is 10. The van der Waals surface area contributed by atoms with Gasteiger partial charge in [0.15, 0.2) is 17.3 Å². The van der Waals surface area contributed by atoms with Gasteiger partial charge >= 0.3 is 0 Å². The van der Waals surface area contributed by atoms with E-state index in [1.165, 1.54) is 36.8 Å². The van der Waals surface area contributed by atoms with Crippen LogP contribution in [0.2, 0.25) is 0 Å². The van der Waals surface area contributed by atoms with Crippen molar-refractivity contribution in [1.82, 2.24) is 4.90 Å². The molecule has 190 valence electrons. The van der Waals surface area contributed by atoms with Gasteiger partial charge in [-0.2, -0.15) is 0 Å². The molecule has 0 aliphatic carbocycles. The summed E-state index contributed by atoms with van der Waals surface area (Å²) in [5.41, 5.74) is 2.87. The summed E-state index contributed by atoms with van der Waals surface area (Å²) in [7, 11) is 1.57. The highest BCUT2D eigenvalue weighted by Crippen LogP contribution is 2.33. The summed E-state index contributed by atoms with van der Waals surface area (Å²) in [6.07, 6.45) is 3.63. The Hall–Kier alpha value is -3.25. The number of hydrogen-bond donors (Lipinski definition) is 0. The van der Waals surface area contributed by atoms with Gasteiger partial charge in [0.25, 0.3) is 0 Å². The minimum absolute atomic E-state index is 0.0175. The smallest absolute Gasteiger partial charge is 0.161 e. The van der Waals surface area contributed by atoms with Crippen LogP contribution in [0.3, 0.4) is 0 Å². The molecular formula is C30H33F2NO3. The lowest BCUT2D eigenvalue weighted by atomic mass is 9.83. The quantitative estimate of drug-likeness (QED) is 0.241. The maximum Gasteiger partial charge on any atom is 0.161 e. The second-order valence-electron chi connectivity index (χ2n) is 9.42. The number of carbonyl (C=O) groups excluding carboxylic acids is 1. The maximum absolute atomic E-state index is 13.4. The minimum atomic E-state index is -0.229. The first-order valence-electron chi connectivity index (χ1n) is 12.5. The lowest BCUT2D eigenvalue weighted by molar-refractivity contribution is 0.101. The first-order valence-corrected chi connectivity index (χ1v) is 12.5. The predicted molar refractivity (Wildman–Crippen MR) is 137 cm³/mol. The van der Waals surface area contributed by atoms with Crippen LogP contribution in [-0.2, 0) is 6.42 Å². The van der Waals surface area contributed by atoms with Crippen LogP contribution in [0, 0.1) is 11.6 Å².